The first kappa shape index (κ1) is 15.0. The molecule has 2 nitrogen and oxygen atoms in total. The summed E-state index contributed by atoms with van der Waals surface area (Å²) in [6, 6.07) is 16.8. The lowest BCUT2D eigenvalue weighted by Gasteiger charge is -2.26. The van der Waals surface area contributed by atoms with Gasteiger partial charge in [0.15, 0.2) is 0 Å². The fourth-order valence-corrected chi connectivity index (χ4v) is 2.64. The topological polar surface area (TPSA) is 18.5 Å². The Morgan fingerprint density at radius 1 is 0.864 bits per heavy atom. The van der Waals surface area contributed by atoms with E-state index in [-0.39, 0.29) is 5.41 Å². The van der Waals surface area contributed by atoms with E-state index in [9.17, 15) is 0 Å². The Morgan fingerprint density at radius 2 is 1.36 bits per heavy atom. The van der Waals surface area contributed by atoms with Crippen LogP contribution in [0.15, 0.2) is 48.5 Å². The highest BCUT2D eigenvalue weighted by molar-refractivity contribution is 5.41. The first-order valence-electron chi connectivity index (χ1n) is 7.97. The molecule has 0 spiro atoms. The van der Waals surface area contributed by atoms with Crippen molar-refractivity contribution in [2.24, 2.45) is 5.92 Å². The molecule has 2 aromatic rings. The number of rotatable bonds is 6. The van der Waals surface area contributed by atoms with Crippen LogP contribution in [0.25, 0.3) is 0 Å². The molecule has 3 rings (SSSR count). The van der Waals surface area contributed by atoms with E-state index in [0.717, 1.165) is 24.0 Å². The highest BCUT2D eigenvalue weighted by atomic mass is 16.5. The largest absolute Gasteiger partial charge is 0.497 e. The van der Waals surface area contributed by atoms with Crippen molar-refractivity contribution in [1.82, 2.24) is 0 Å². The molecule has 0 bridgehead atoms. The maximum absolute atomic E-state index is 5.82. The van der Waals surface area contributed by atoms with Gasteiger partial charge in [0.25, 0.3) is 0 Å². The van der Waals surface area contributed by atoms with Crippen molar-refractivity contribution in [3.63, 3.8) is 0 Å². The van der Waals surface area contributed by atoms with Gasteiger partial charge in [-0.05, 0) is 54.2 Å². The van der Waals surface area contributed by atoms with Gasteiger partial charge in [-0.2, -0.15) is 0 Å². The molecule has 1 fully saturated rings. The Balaban J connectivity index is 1.74. The summed E-state index contributed by atoms with van der Waals surface area (Å²) in [5, 5.41) is 0. The van der Waals surface area contributed by atoms with Crippen LogP contribution in [0.4, 0.5) is 0 Å². The maximum atomic E-state index is 5.82. The van der Waals surface area contributed by atoms with Crippen molar-refractivity contribution in [3.05, 3.63) is 59.7 Å². The second-order valence-electron chi connectivity index (χ2n) is 6.63. The molecule has 22 heavy (non-hydrogen) atoms. The molecule has 0 heterocycles. The second-order valence-corrected chi connectivity index (χ2v) is 6.63. The van der Waals surface area contributed by atoms with Crippen molar-refractivity contribution in [3.8, 4) is 11.5 Å². The highest BCUT2D eigenvalue weighted by Gasteiger charge is 2.24. The number of benzene rings is 2. The fourth-order valence-electron chi connectivity index (χ4n) is 2.64. The van der Waals surface area contributed by atoms with Crippen molar-refractivity contribution in [2.45, 2.75) is 32.1 Å². The number of ether oxygens (including phenoxy) is 2. The predicted octanol–water partition coefficient (Wildman–Crippen LogP) is 4.81. The molecule has 0 amide bonds. The molecule has 0 unspecified atom stereocenters. The van der Waals surface area contributed by atoms with Crippen LogP contribution in [0.1, 0.15) is 37.8 Å². The molecule has 2 aromatic carbocycles. The van der Waals surface area contributed by atoms with E-state index in [1.54, 1.807) is 7.11 Å². The smallest absolute Gasteiger partial charge is 0.119 e. The van der Waals surface area contributed by atoms with Gasteiger partial charge in [-0.25, -0.2) is 0 Å². The van der Waals surface area contributed by atoms with Crippen molar-refractivity contribution in [2.75, 3.05) is 13.7 Å². The Labute approximate surface area is 133 Å². The summed E-state index contributed by atoms with van der Waals surface area (Å²) in [5.41, 5.74) is 2.53. The minimum atomic E-state index is -0.0404. The van der Waals surface area contributed by atoms with Gasteiger partial charge in [-0.15, -0.1) is 0 Å². The van der Waals surface area contributed by atoms with Gasteiger partial charge in [-0.1, -0.05) is 38.1 Å². The summed E-state index contributed by atoms with van der Waals surface area (Å²) in [7, 11) is 1.69. The zero-order chi connectivity index (χ0) is 15.6. The fraction of sp³-hybridized carbons (Fsp3) is 0.400. The second kappa shape index (κ2) is 6.04. The predicted molar refractivity (Wildman–Crippen MR) is 89.8 cm³/mol. The zero-order valence-corrected chi connectivity index (χ0v) is 13.6. The van der Waals surface area contributed by atoms with Crippen LogP contribution in [0.2, 0.25) is 0 Å². The Morgan fingerprint density at radius 3 is 1.82 bits per heavy atom. The van der Waals surface area contributed by atoms with Crippen molar-refractivity contribution < 1.29 is 9.47 Å². The lowest BCUT2D eigenvalue weighted by Crippen LogP contribution is -2.18. The van der Waals surface area contributed by atoms with Crippen molar-refractivity contribution in [1.29, 1.82) is 0 Å². The third kappa shape index (κ3) is 3.27. The Bertz CT molecular complexity index is 607. The summed E-state index contributed by atoms with van der Waals surface area (Å²) < 4.78 is 11.1. The highest BCUT2D eigenvalue weighted by Crippen LogP contribution is 2.34. The minimum absolute atomic E-state index is 0.0404. The van der Waals surface area contributed by atoms with E-state index < -0.39 is 0 Å². The molecule has 116 valence electrons. The quantitative estimate of drug-likeness (QED) is 0.761. The molecule has 1 aliphatic carbocycles. The van der Waals surface area contributed by atoms with Crippen LogP contribution in [0, 0.1) is 5.92 Å². The van der Waals surface area contributed by atoms with Crippen LogP contribution >= 0.6 is 0 Å². The van der Waals surface area contributed by atoms with Crippen molar-refractivity contribution >= 4 is 0 Å². The number of hydrogen-bond donors (Lipinski definition) is 0. The number of methoxy groups -OCH3 is 1. The third-order valence-electron chi connectivity index (χ3n) is 4.57. The van der Waals surface area contributed by atoms with Gasteiger partial charge < -0.3 is 9.47 Å². The van der Waals surface area contributed by atoms with Crippen LogP contribution in [0.5, 0.6) is 11.5 Å². The molecular formula is C20H24O2. The molecule has 0 N–H and O–H groups in total. The summed E-state index contributed by atoms with van der Waals surface area (Å²) in [6.07, 6.45) is 2.64. The summed E-state index contributed by atoms with van der Waals surface area (Å²) in [6.45, 7) is 5.35. The molecule has 0 saturated heterocycles. The van der Waals surface area contributed by atoms with E-state index in [2.05, 4.69) is 50.2 Å². The van der Waals surface area contributed by atoms with Gasteiger partial charge in [0, 0.05) is 5.41 Å². The van der Waals surface area contributed by atoms with E-state index in [1.807, 2.05) is 12.1 Å². The summed E-state index contributed by atoms with van der Waals surface area (Å²) in [4.78, 5) is 0. The van der Waals surface area contributed by atoms with Gasteiger partial charge in [0.2, 0.25) is 0 Å². The molecule has 0 atom stereocenters. The van der Waals surface area contributed by atoms with Crippen LogP contribution in [-0.4, -0.2) is 13.7 Å². The standard InChI is InChI=1S/C20H24O2/c1-20(2,16-6-10-18(21-3)11-7-16)17-8-12-19(13-9-17)22-14-15-4-5-15/h6-13,15H,4-5,14H2,1-3H3. The molecule has 0 aromatic heterocycles. The van der Waals surface area contributed by atoms with Crippen LogP contribution in [-0.2, 0) is 5.41 Å². The summed E-state index contributed by atoms with van der Waals surface area (Å²) in [5.74, 6) is 2.65. The molecule has 1 aliphatic rings. The first-order valence-corrected chi connectivity index (χ1v) is 7.97. The first-order chi connectivity index (χ1) is 10.6. The van der Waals surface area contributed by atoms with Gasteiger partial charge in [0.1, 0.15) is 11.5 Å². The lowest BCUT2D eigenvalue weighted by atomic mass is 9.78. The monoisotopic (exact) mass is 296 g/mol. The maximum Gasteiger partial charge on any atom is 0.119 e. The van der Waals surface area contributed by atoms with Gasteiger partial charge in [0.05, 0.1) is 13.7 Å². The lowest BCUT2D eigenvalue weighted by molar-refractivity contribution is 0.299. The van der Waals surface area contributed by atoms with E-state index in [1.165, 1.54) is 24.0 Å². The van der Waals surface area contributed by atoms with Gasteiger partial charge >= 0.3 is 0 Å². The molecule has 0 radical (unpaired) electrons. The zero-order valence-electron chi connectivity index (χ0n) is 13.6. The van der Waals surface area contributed by atoms with E-state index in [0.29, 0.717) is 0 Å². The SMILES string of the molecule is COc1ccc(C(C)(C)c2ccc(OCC3CC3)cc2)cc1. The van der Waals surface area contributed by atoms with Crippen LogP contribution in [0.3, 0.4) is 0 Å². The third-order valence-corrected chi connectivity index (χ3v) is 4.57. The minimum Gasteiger partial charge on any atom is -0.497 e. The normalized spacial score (nSPS) is 14.7. The molecule has 1 saturated carbocycles. The molecule has 2 heteroatoms. The molecular weight excluding hydrogens is 272 g/mol. The average Bonchev–Trinajstić information content (AvgIpc) is 3.38. The average molecular weight is 296 g/mol. The van der Waals surface area contributed by atoms with E-state index in [4.69, 9.17) is 9.47 Å². The van der Waals surface area contributed by atoms with Crippen LogP contribution < -0.4 is 9.47 Å². The Kier molecular flexibility index (Phi) is 4.10. The molecule has 0 aliphatic heterocycles. The van der Waals surface area contributed by atoms with Gasteiger partial charge in [-0.3, -0.25) is 0 Å². The van der Waals surface area contributed by atoms with E-state index >= 15 is 0 Å². The Hall–Kier alpha value is -1.96. The number of hydrogen-bond acceptors (Lipinski definition) is 2. The summed E-state index contributed by atoms with van der Waals surface area (Å²) >= 11 is 0.